The molecule has 5 amide bonds. The maximum absolute atomic E-state index is 16.1. The topological polar surface area (TPSA) is 134 Å². The number of urea groups is 1. The zero-order chi connectivity index (χ0) is 25.5. The van der Waals surface area contributed by atoms with Gasteiger partial charge in [-0.05, 0) is 31.9 Å². The second-order valence-electron chi connectivity index (χ2n) is 9.74. The number of anilines is 2. The number of fused-ring (bicyclic) bond motifs is 5. The van der Waals surface area contributed by atoms with Gasteiger partial charge in [0.15, 0.2) is 17.1 Å². The van der Waals surface area contributed by atoms with Gasteiger partial charge in [0.2, 0.25) is 17.4 Å². The van der Waals surface area contributed by atoms with Crippen LogP contribution in [0, 0.1) is 11.2 Å². The van der Waals surface area contributed by atoms with Crippen LogP contribution in [0.25, 0.3) is 11.0 Å². The van der Waals surface area contributed by atoms with Gasteiger partial charge >= 0.3 is 6.03 Å². The third-order valence-corrected chi connectivity index (χ3v) is 8.77. The maximum atomic E-state index is 16.1. The van der Waals surface area contributed by atoms with Crippen molar-refractivity contribution in [1.82, 2.24) is 15.8 Å². The molecule has 36 heavy (non-hydrogen) atoms. The number of carbonyl (C=O) groups excluding carboxylic acids is 4. The molecule has 0 unspecified atom stereocenters. The molecule has 0 radical (unpaired) electrons. The van der Waals surface area contributed by atoms with E-state index in [1.54, 1.807) is 17.9 Å². The van der Waals surface area contributed by atoms with Crippen LogP contribution in [0.4, 0.5) is 25.5 Å². The predicted octanol–water partition coefficient (Wildman–Crippen LogP) is 2.31. The molecule has 13 heteroatoms. The fraction of sp³-hybridized carbons (Fsp3) is 0.522. The third-order valence-electron chi connectivity index (χ3n) is 7.53. The number of ether oxygens (including phenoxy) is 1. The van der Waals surface area contributed by atoms with Crippen molar-refractivity contribution in [3.05, 3.63) is 17.4 Å². The molecule has 1 spiro atoms. The minimum Gasteiger partial charge on any atom is -0.372 e. The summed E-state index contributed by atoms with van der Waals surface area (Å²) in [5.74, 6) is -2.00. The van der Waals surface area contributed by atoms with Crippen LogP contribution in [-0.2, 0) is 20.7 Å². The number of amides is 5. The Kier molecular flexibility index (Phi) is 5.10. The van der Waals surface area contributed by atoms with Gasteiger partial charge in [0.05, 0.1) is 29.3 Å². The molecule has 0 aliphatic carbocycles. The molecule has 6 rings (SSSR count). The number of rotatable bonds is 2. The molecule has 2 aromatic rings. The van der Waals surface area contributed by atoms with Crippen molar-refractivity contribution < 1.29 is 32.8 Å². The van der Waals surface area contributed by atoms with Crippen LogP contribution in [0.5, 0.6) is 0 Å². The zero-order valence-electron chi connectivity index (χ0n) is 19.8. The molecule has 190 valence electrons. The number of barbiturate groups is 1. The van der Waals surface area contributed by atoms with Gasteiger partial charge in [-0.2, -0.15) is 0 Å². The number of carbonyl (C=O) groups is 4. The van der Waals surface area contributed by atoms with E-state index in [0.29, 0.717) is 12.1 Å². The van der Waals surface area contributed by atoms with Gasteiger partial charge in [-0.1, -0.05) is 23.8 Å². The summed E-state index contributed by atoms with van der Waals surface area (Å²) in [5, 5.41) is 8.63. The molecule has 0 bridgehead atoms. The van der Waals surface area contributed by atoms with Crippen molar-refractivity contribution >= 4 is 57.3 Å². The highest BCUT2D eigenvalue weighted by Crippen LogP contribution is 2.50. The summed E-state index contributed by atoms with van der Waals surface area (Å²) in [4.78, 5) is 54.3. The first-order valence-corrected chi connectivity index (χ1v) is 12.7. The van der Waals surface area contributed by atoms with Crippen LogP contribution in [0.15, 0.2) is 10.6 Å². The van der Waals surface area contributed by atoms with Crippen molar-refractivity contribution in [2.75, 3.05) is 22.9 Å². The fourth-order valence-electron chi connectivity index (χ4n) is 6.04. The number of thioether (sulfide) groups is 1. The smallest absolute Gasteiger partial charge is 0.328 e. The van der Waals surface area contributed by atoms with Crippen LogP contribution in [0.2, 0.25) is 0 Å². The van der Waals surface area contributed by atoms with Crippen LogP contribution in [0.1, 0.15) is 32.8 Å². The molecule has 4 aliphatic heterocycles. The predicted molar refractivity (Wildman–Crippen MR) is 127 cm³/mol. The fourth-order valence-corrected chi connectivity index (χ4v) is 7.00. The van der Waals surface area contributed by atoms with E-state index in [2.05, 4.69) is 15.8 Å². The summed E-state index contributed by atoms with van der Waals surface area (Å²) in [5.41, 5.74) is -1.25. The summed E-state index contributed by atoms with van der Waals surface area (Å²) < 4.78 is 27.5. The van der Waals surface area contributed by atoms with Crippen molar-refractivity contribution in [2.24, 2.45) is 5.41 Å². The van der Waals surface area contributed by atoms with Crippen molar-refractivity contribution in [3.8, 4) is 0 Å². The summed E-state index contributed by atoms with van der Waals surface area (Å²) in [6.45, 7) is 6.15. The molecular formula is C23H24FN5O6S. The van der Waals surface area contributed by atoms with Crippen LogP contribution in [0.3, 0.4) is 0 Å². The van der Waals surface area contributed by atoms with Crippen molar-refractivity contribution in [1.29, 1.82) is 0 Å². The second kappa shape index (κ2) is 7.90. The van der Waals surface area contributed by atoms with Gasteiger partial charge < -0.3 is 14.2 Å². The molecule has 0 saturated carbocycles. The van der Waals surface area contributed by atoms with Gasteiger partial charge in [0.25, 0.3) is 5.24 Å². The van der Waals surface area contributed by atoms with Gasteiger partial charge in [0, 0.05) is 24.8 Å². The Balaban J connectivity index is 1.55. The van der Waals surface area contributed by atoms with E-state index >= 15 is 4.39 Å². The molecule has 3 fully saturated rings. The number of halogens is 1. The van der Waals surface area contributed by atoms with E-state index < -0.39 is 41.2 Å². The first-order chi connectivity index (χ1) is 17.1. The summed E-state index contributed by atoms with van der Waals surface area (Å²) >= 11 is 1.20. The number of aromatic nitrogens is 1. The Morgan fingerprint density at radius 1 is 1.19 bits per heavy atom. The van der Waals surface area contributed by atoms with E-state index in [9.17, 15) is 19.2 Å². The molecule has 4 aliphatic rings. The highest BCUT2D eigenvalue weighted by atomic mass is 32.2. The number of imide groups is 2. The second-order valence-corrected chi connectivity index (χ2v) is 11.0. The maximum Gasteiger partial charge on any atom is 0.328 e. The zero-order valence-corrected chi connectivity index (χ0v) is 20.6. The summed E-state index contributed by atoms with van der Waals surface area (Å²) in [6.07, 6.45) is -0.334. The van der Waals surface area contributed by atoms with Crippen molar-refractivity contribution in [3.63, 3.8) is 0 Å². The van der Waals surface area contributed by atoms with Gasteiger partial charge in [-0.15, -0.1) is 0 Å². The first kappa shape index (κ1) is 23.2. The molecule has 2 N–H and O–H groups in total. The van der Waals surface area contributed by atoms with Crippen LogP contribution >= 0.6 is 11.8 Å². The van der Waals surface area contributed by atoms with E-state index in [-0.39, 0.29) is 52.0 Å². The summed E-state index contributed by atoms with van der Waals surface area (Å²) in [7, 11) is 0. The Morgan fingerprint density at radius 3 is 2.58 bits per heavy atom. The molecular weight excluding hydrogens is 493 g/mol. The van der Waals surface area contributed by atoms with E-state index in [1.165, 1.54) is 16.7 Å². The standard InChI is InChI=1S/C23H24FN5O6S/c1-4-12-8-29(22(33)36-12)18-13-5-11-6-23(19(30)25-21(32)26-20(23)31)17-10(3)34-9(2)7-28(17)15(11)14(24)16(13)35-27-18/h5,9-10,12,17H,4,6-8H2,1-3H3,(H2,25,26,30,31,32)/t9-,10+,12-,17-/m1/s1. The van der Waals surface area contributed by atoms with Gasteiger partial charge in [0.1, 0.15) is 0 Å². The SMILES string of the molecule is CC[C@@H]1CN(c2noc3c(F)c4c(cc23)CC2(C(=O)NC(=O)NC2=O)[C@H]2[C@H](C)O[C@H](C)CN42)C(=O)S1. The molecule has 1 aromatic carbocycles. The van der Waals surface area contributed by atoms with Crippen molar-refractivity contribution in [2.45, 2.75) is 57.1 Å². The number of nitrogens with one attached hydrogen (secondary N) is 2. The first-order valence-electron chi connectivity index (χ1n) is 11.8. The quantitative estimate of drug-likeness (QED) is 0.576. The lowest BCUT2D eigenvalue weighted by atomic mass is 9.66. The Labute approximate surface area is 209 Å². The normalized spacial score (nSPS) is 29.4. The average molecular weight is 518 g/mol. The number of hydrogen-bond acceptors (Lipinski definition) is 9. The number of nitrogens with zero attached hydrogens (tertiary/aromatic N) is 3. The lowest BCUT2D eigenvalue weighted by molar-refractivity contribution is -0.153. The lowest BCUT2D eigenvalue weighted by Crippen LogP contribution is -2.75. The third kappa shape index (κ3) is 3.05. The van der Waals surface area contributed by atoms with Gasteiger partial charge in [-0.3, -0.25) is 29.9 Å². The Hall–Kier alpha value is -3.19. The number of hydrogen-bond donors (Lipinski definition) is 2. The Morgan fingerprint density at radius 2 is 1.92 bits per heavy atom. The molecule has 11 nitrogen and oxygen atoms in total. The average Bonchev–Trinajstić information content (AvgIpc) is 3.39. The van der Waals surface area contributed by atoms with E-state index in [0.717, 1.165) is 6.42 Å². The Bertz CT molecular complexity index is 1330. The highest BCUT2D eigenvalue weighted by Gasteiger charge is 2.63. The van der Waals surface area contributed by atoms with Gasteiger partial charge in [-0.25, -0.2) is 9.18 Å². The monoisotopic (exact) mass is 517 g/mol. The largest absolute Gasteiger partial charge is 0.372 e. The van der Waals surface area contributed by atoms with Crippen LogP contribution in [-0.4, -0.2) is 64.8 Å². The highest BCUT2D eigenvalue weighted by molar-refractivity contribution is 8.14. The van der Waals surface area contributed by atoms with E-state index in [1.807, 2.05) is 13.8 Å². The minimum atomic E-state index is -1.73. The molecule has 3 saturated heterocycles. The molecule has 1 aromatic heterocycles. The van der Waals surface area contributed by atoms with Crippen LogP contribution < -0.4 is 20.4 Å². The number of morpholine rings is 1. The molecule has 4 atom stereocenters. The minimum absolute atomic E-state index is 0.0826. The van der Waals surface area contributed by atoms with E-state index in [4.69, 9.17) is 9.26 Å². The molecule has 5 heterocycles. The number of benzene rings is 1. The lowest BCUT2D eigenvalue weighted by Gasteiger charge is -2.55. The summed E-state index contributed by atoms with van der Waals surface area (Å²) in [6, 6.07) is -0.133.